The maximum absolute atomic E-state index is 14.0. The molecule has 0 spiro atoms. The van der Waals surface area contributed by atoms with E-state index in [2.05, 4.69) is 21.3 Å². The average Bonchev–Trinajstić information content (AvgIpc) is 3.47. The molecule has 12 nitrogen and oxygen atoms in total. The zero-order chi connectivity index (χ0) is 37.3. The Bertz CT molecular complexity index is 1340. The summed E-state index contributed by atoms with van der Waals surface area (Å²) < 4.78 is 52.4. The molecule has 2 rings (SSSR count). The van der Waals surface area contributed by atoms with Crippen molar-refractivity contribution in [1.82, 2.24) is 30.5 Å². The molecule has 6 atom stereocenters. The van der Waals surface area contributed by atoms with Crippen molar-refractivity contribution in [3.8, 4) is 0 Å². The number of carbonyl (C=O) groups is 3. The number of alkyl halides is 2. The van der Waals surface area contributed by atoms with Gasteiger partial charge in [-0.2, -0.15) is 0 Å². The highest BCUT2D eigenvalue weighted by Crippen LogP contribution is 2.27. The average molecular weight is 717 g/mol. The molecule has 1 aliphatic heterocycles. The number of aliphatic hydroxyl groups excluding tert-OH is 1. The van der Waals surface area contributed by atoms with Crippen LogP contribution in [-0.2, 0) is 30.8 Å². The summed E-state index contributed by atoms with van der Waals surface area (Å²) >= 11 is 0. The van der Waals surface area contributed by atoms with E-state index in [0.717, 1.165) is 11.8 Å². The number of aryl methyl sites for hydroxylation is 1. The minimum absolute atomic E-state index is 0.0583. The van der Waals surface area contributed by atoms with Crippen LogP contribution in [0.5, 0.6) is 0 Å². The fourth-order valence-electron chi connectivity index (χ4n) is 5.65. The molecule has 5 N–H and O–H groups in total. The normalized spacial score (nSPS) is 19.0. The van der Waals surface area contributed by atoms with Gasteiger partial charge in [0, 0.05) is 38.6 Å². The number of hydrogen-bond donors (Lipinski definition) is 5. The topological polar surface area (TPSA) is 160 Å². The number of hydrogen-bond acceptors (Lipinski definition) is 8. The van der Waals surface area contributed by atoms with Crippen molar-refractivity contribution in [2.75, 3.05) is 26.4 Å². The molecular formula is C34H58F2N6O6S. The lowest BCUT2D eigenvalue weighted by atomic mass is 9.85. The van der Waals surface area contributed by atoms with Crippen molar-refractivity contribution in [2.45, 2.75) is 124 Å². The number of nitrogens with one attached hydrogen (secondary N) is 4. The fraction of sp³-hybridized carbons (Fsp3) is 0.735. The predicted molar refractivity (Wildman–Crippen MR) is 186 cm³/mol. The highest BCUT2D eigenvalue weighted by atomic mass is 32.2. The molecule has 1 saturated heterocycles. The van der Waals surface area contributed by atoms with Gasteiger partial charge < -0.3 is 20.6 Å². The van der Waals surface area contributed by atoms with Gasteiger partial charge in [0.2, 0.25) is 34.2 Å². The maximum Gasteiger partial charge on any atom is 0.243 e. The van der Waals surface area contributed by atoms with E-state index in [-0.39, 0.29) is 25.6 Å². The summed E-state index contributed by atoms with van der Waals surface area (Å²) in [5.74, 6) is -1.90. The van der Waals surface area contributed by atoms with Gasteiger partial charge in [-0.1, -0.05) is 71.9 Å². The number of likely N-dealkylation sites (tertiary alicyclic amines) is 1. The molecule has 1 aromatic rings. The predicted octanol–water partition coefficient (Wildman–Crippen LogP) is 2.43. The van der Waals surface area contributed by atoms with Crippen LogP contribution in [0.25, 0.3) is 0 Å². The van der Waals surface area contributed by atoms with Crippen molar-refractivity contribution in [3.05, 3.63) is 35.9 Å². The Morgan fingerprint density at radius 1 is 1.02 bits per heavy atom. The third-order valence-corrected chi connectivity index (χ3v) is 10.1. The fourth-order valence-corrected chi connectivity index (χ4v) is 6.07. The molecule has 1 aliphatic rings. The lowest BCUT2D eigenvalue weighted by molar-refractivity contribution is -0.144. The van der Waals surface area contributed by atoms with Crippen LogP contribution in [-0.4, -0.2) is 110 Å². The van der Waals surface area contributed by atoms with Crippen LogP contribution < -0.4 is 21.3 Å². The Morgan fingerprint density at radius 3 is 2.16 bits per heavy atom. The number of likely N-dealkylation sites (N-methyl/N-ethyl adjacent to an activating group) is 1. The smallest absolute Gasteiger partial charge is 0.243 e. The van der Waals surface area contributed by atoms with Crippen LogP contribution in [0, 0.1) is 10.8 Å². The molecule has 0 aromatic heterocycles. The van der Waals surface area contributed by atoms with Crippen molar-refractivity contribution in [3.63, 3.8) is 0 Å². The number of rotatable bonds is 17. The number of carbonyl (C=O) groups excluding carboxylic acids is 3. The van der Waals surface area contributed by atoms with Crippen LogP contribution in [0.2, 0.25) is 0 Å². The minimum Gasteiger partial charge on any atom is -0.365 e. The van der Waals surface area contributed by atoms with Gasteiger partial charge in [-0.3, -0.25) is 25.0 Å². The maximum atomic E-state index is 14.0. The van der Waals surface area contributed by atoms with Gasteiger partial charge in [0.1, 0.15) is 12.1 Å². The van der Waals surface area contributed by atoms with Crippen LogP contribution >= 0.6 is 0 Å². The summed E-state index contributed by atoms with van der Waals surface area (Å²) in [4.78, 5) is 42.0. The second kappa shape index (κ2) is 18.0. The molecule has 15 heteroatoms. The second-order valence-corrected chi connectivity index (χ2v) is 17.4. The van der Waals surface area contributed by atoms with Crippen LogP contribution in [0.4, 0.5) is 8.78 Å². The molecule has 0 saturated carbocycles. The van der Waals surface area contributed by atoms with Gasteiger partial charge in [-0.05, 0) is 49.0 Å². The number of halogens is 2. The molecule has 3 amide bonds. The Morgan fingerprint density at radius 2 is 1.63 bits per heavy atom. The van der Waals surface area contributed by atoms with Crippen molar-refractivity contribution in [2.24, 2.45) is 10.8 Å². The minimum atomic E-state index is -3.49. The molecule has 0 radical (unpaired) electrons. The SMILES string of the molecule is CC(CCc1ccccc1)NC(=O)[C@H](CC(F)F)NC(=O)[C@@H]1CCCN1C(=O)[C@@H](NC(O)N[C@H](CN(C)S(C)(=O)=O)C(C)(C)C)C(C)(C)C. The summed E-state index contributed by atoms with van der Waals surface area (Å²) in [6, 6.07) is 5.30. The van der Waals surface area contributed by atoms with Crippen LogP contribution in [0.1, 0.15) is 79.7 Å². The molecule has 2 unspecified atom stereocenters. The highest BCUT2D eigenvalue weighted by molar-refractivity contribution is 7.88. The van der Waals surface area contributed by atoms with E-state index in [1.54, 1.807) is 27.7 Å². The largest absolute Gasteiger partial charge is 0.365 e. The van der Waals surface area contributed by atoms with Crippen molar-refractivity contribution >= 4 is 27.7 Å². The van der Waals surface area contributed by atoms with Gasteiger partial charge in [-0.25, -0.2) is 21.5 Å². The second-order valence-electron chi connectivity index (χ2n) is 15.3. The molecule has 1 fully saturated rings. The van der Waals surface area contributed by atoms with Gasteiger partial charge in [0.15, 0.2) is 6.35 Å². The molecule has 0 bridgehead atoms. The Kier molecular flexibility index (Phi) is 15.6. The van der Waals surface area contributed by atoms with E-state index < -0.39 is 81.9 Å². The zero-order valence-corrected chi connectivity index (χ0v) is 31.2. The summed E-state index contributed by atoms with van der Waals surface area (Å²) in [6.07, 6.45) is -2.07. The number of benzene rings is 1. The summed E-state index contributed by atoms with van der Waals surface area (Å²) in [5.41, 5.74) is -0.160. The first kappa shape index (κ1) is 42.4. The molecule has 0 aliphatic carbocycles. The van der Waals surface area contributed by atoms with E-state index in [1.807, 2.05) is 51.1 Å². The highest BCUT2D eigenvalue weighted by Gasteiger charge is 2.43. The molecule has 49 heavy (non-hydrogen) atoms. The first-order valence-corrected chi connectivity index (χ1v) is 18.7. The van der Waals surface area contributed by atoms with Gasteiger partial charge in [0.25, 0.3) is 0 Å². The van der Waals surface area contributed by atoms with E-state index in [4.69, 9.17) is 0 Å². The van der Waals surface area contributed by atoms with Crippen LogP contribution in [0.15, 0.2) is 30.3 Å². The van der Waals surface area contributed by atoms with Crippen molar-refractivity contribution in [1.29, 1.82) is 0 Å². The monoisotopic (exact) mass is 716 g/mol. The van der Waals surface area contributed by atoms with Crippen LogP contribution in [0.3, 0.4) is 0 Å². The van der Waals surface area contributed by atoms with Crippen molar-refractivity contribution < 1.29 is 36.7 Å². The molecule has 280 valence electrons. The number of aliphatic hydroxyl groups is 1. The van der Waals surface area contributed by atoms with Gasteiger partial charge in [0.05, 0.1) is 12.3 Å². The molecule has 1 aromatic carbocycles. The summed E-state index contributed by atoms with van der Waals surface area (Å²) in [6.45, 7) is 13.1. The first-order chi connectivity index (χ1) is 22.5. The molecular weight excluding hydrogens is 658 g/mol. The zero-order valence-electron chi connectivity index (χ0n) is 30.4. The number of nitrogens with zero attached hydrogens (tertiary/aromatic N) is 2. The first-order valence-electron chi connectivity index (χ1n) is 16.9. The van der Waals surface area contributed by atoms with E-state index in [9.17, 15) is 36.7 Å². The summed E-state index contributed by atoms with van der Waals surface area (Å²) in [7, 11) is -2.05. The lowest BCUT2D eigenvalue weighted by Crippen LogP contribution is -2.63. The third kappa shape index (κ3) is 13.8. The lowest BCUT2D eigenvalue weighted by Gasteiger charge is -2.39. The molecule has 1 heterocycles. The van der Waals surface area contributed by atoms with Gasteiger partial charge in [-0.15, -0.1) is 0 Å². The van der Waals surface area contributed by atoms with E-state index in [1.165, 1.54) is 16.3 Å². The number of sulfonamides is 1. The standard InChI is InChI=1S/C34H58F2N6O6S/c1-22(17-18-23-14-11-10-12-15-23)37-29(43)24(20-27(35)36)38-30(44)25-16-13-19-42(25)31(45)28(34(5,6)7)40-32(46)39-26(33(2,3)4)21-41(8)49(9,47)48/h10-12,14-15,22,24-28,32,39-40,46H,13,16-21H2,1-9H3,(H,37,43)(H,38,44)/t22?,24-,25-,26+,28+,32?/m0/s1. The van der Waals surface area contributed by atoms with Gasteiger partial charge >= 0.3 is 0 Å². The van der Waals surface area contributed by atoms with E-state index >= 15 is 0 Å². The summed E-state index contributed by atoms with van der Waals surface area (Å²) in [5, 5.41) is 22.2. The third-order valence-electron chi connectivity index (χ3n) is 8.83. The Balaban J connectivity index is 2.15. The Hall–Kier alpha value is -2.72. The van der Waals surface area contributed by atoms with E-state index in [0.29, 0.717) is 19.3 Å². The quantitative estimate of drug-likeness (QED) is 0.154. The number of amides is 3. The Labute approximate surface area is 291 Å².